The molecule has 2 aromatic rings. The van der Waals surface area contributed by atoms with Gasteiger partial charge in [0.15, 0.2) is 0 Å². The third-order valence-corrected chi connectivity index (χ3v) is 8.45. The van der Waals surface area contributed by atoms with Crippen molar-refractivity contribution in [3.8, 4) is 17.2 Å². The number of hydrogen-bond donors (Lipinski definition) is 2. The maximum absolute atomic E-state index is 14.4. The largest absolute Gasteiger partial charge is 0.442 e. The number of ether oxygens (including phenoxy) is 1. The Morgan fingerprint density at radius 2 is 2.02 bits per heavy atom. The number of piperidine rings is 1. The van der Waals surface area contributed by atoms with E-state index in [1.165, 1.54) is 17.2 Å². The summed E-state index contributed by atoms with van der Waals surface area (Å²) >= 11 is 0. The first-order valence-corrected chi connectivity index (χ1v) is 15.0. The molecule has 3 atom stereocenters. The Morgan fingerprint density at radius 1 is 1.25 bits per heavy atom. The van der Waals surface area contributed by atoms with Crippen molar-refractivity contribution < 1.29 is 18.7 Å². The number of nitrogens with one attached hydrogen (secondary N) is 1. The van der Waals surface area contributed by atoms with E-state index in [1.54, 1.807) is 42.9 Å². The summed E-state index contributed by atoms with van der Waals surface area (Å²) in [6, 6.07) is 11.1. The molecule has 236 valence electrons. The van der Waals surface area contributed by atoms with Gasteiger partial charge < -0.3 is 25.6 Å². The van der Waals surface area contributed by atoms with Gasteiger partial charge in [-0.25, -0.2) is 9.18 Å². The van der Waals surface area contributed by atoms with Crippen LogP contribution in [0.15, 0.2) is 55.1 Å². The van der Waals surface area contributed by atoms with Crippen LogP contribution in [-0.4, -0.2) is 104 Å². The highest BCUT2D eigenvalue weighted by atomic mass is 19.1. The van der Waals surface area contributed by atoms with E-state index >= 15 is 0 Å². The fourth-order valence-corrected chi connectivity index (χ4v) is 5.76. The number of nitriles is 1. The van der Waals surface area contributed by atoms with Gasteiger partial charge in [0.05, 0.1) is 37.3 Å². The number of amides is 2. The summed E-state index contributed by atoms with van der Waals surface area (Å²) in [5, 5.41) is 12.0. The van der Waals surface area contributed by atoms with Crippen molar-refractivity contribution in [1.82, 2.24) is 25.0 Å². The number of anilines is 1. The van der Waals surface area contributed by atoms with Gasteiger partial charge in [0.25, 0.3) is 0 Å². The molecular weight excluding hydrogens is 563 g/mol. The van der Waals surface area contributed by atoms with Gasteiger partial charge in [-0.2, -0.15) is 5.26 Å². The van der Waals surface area contributed by atoms with Gasteiger partial charge in [0.1, 0.15) is 11.9 Å². The van der Waals surface area contributed by atoms with Crippen molar-refractivity contribution in [3.63, 3.8) is 0 Å². The van der Waals surface area contributed by atoms with Crippen LogP contribution in [0.1, 0.15) is 19.8 Å². The second-order valence-electron chi connectivity index (χ2n) is 11.8. The van der Waals surface area contributed by atoms with Gasteiger partial charge in [0.2, 0.25) is 5.91 Å². The number of benzene rings is 1. The molecule has 3 fully saturated rings. The lowest BCUT2D eigenvalue weighted by atomic mass is 10.0. The zero-order valence-electron chi connectivity index (χ0n) is 25.7. The van der Waals surface area contributed by atoms with Crippen molar-refractivity contribution in [2.75, 3.05) is 64.8 Å². The number of rotatable bonds is 8. The van der Waals surface area contributed by atoms with Crippen LogP contribution in [0.3, 0.4) is 0 Å². The molecule has 3 aliphatic rings. The molecule has 1 aromatic carbocycles. The van der Waals surface area contributed by atoms with Crippen molar-refractivity contribution in [2.45, 2.75) is 31.9 Å². The first kappa shape index (κ1) is 32.7. The number of nitrogens with two attached hydrogens (primary N) is 1. The van der Waals surface area contributed by atoms with Crippen LogP contribution in [0.25, 0.3) is 11.1 Å². The average Bonchev–Trinajstić information content (AvgIpc) is 3.59. The Morgan fingerprint density at radius 3 is 2.64 bits per heavy atom. The standard InChI is InChI=1S/C17H17FN4O2.C15H26N4O/c18-16-8-13(3-4-15(16)12-2-1-6-20-9-12)22-11-14(24-17(22)23)10-21-7-5-19;1-12-9-19(10-13(12)8-16)15(20)11-18-6-4-14(5-7-18)17(2)3/h1-9,14,21H,10-11,19H2;12-14H,4-7,9-11H2,1-3H3/b7-5-;/t;12-,13?/m.1/s1. The first-order valence-electron chi connectivity index (χ1n) is 15.0. The van der Waals surface area contributed by atoms with Crippen molar-refractivity contribution in [1.29, 1.82) is 5.26 Å². The Hall–Kier alpha value is -4.21. The molecule has 0 saturated carbocycles. The minimum Gasteiger partial charge on any atom is -0.442 e. The first-order chi connectivity index (χ1) is 21.2. The van der Waals surface area contributed by atoms with Gasteiger partial charge in [-0.1, -0.05) is 13.0 Å². The summed E-state index contributed by atoms with van der Waals surface area (Å²) in [6.07, 6.45) is 7.61. The number of cyclic esters (lactones) is 1. The highest BCUT2D eigenvalue weighted by molar-refractivity contribution is 5.90. The second kappa shape index (κ2) is 15.5. The molecule has 0 spiro atoms. The van der Waals surface area contributed by atoms with E-state index in [2.05, 4.69) is 47.2 Å². The molecule has 5 rings (SSSR count). The number of likely N-dealkylation sites (tertiary alicyclic amines) is 2. The predicted octanol–water partition coefficient (Wildman–Crippen LogP) is 2.86. The minimum atomic E-state index is -0.493. The molecule has 1 aromatic heterocycles. The van der Waals surface area contributed by atoms with E-state index in [4.69, 9.17) is 15.7 Å². The Labute approximate surface area is 259 Å². The van der Waals surface area contributed by atoms with E-state index in [9.17, 15) is 14.0 Å². The lowest BCUT2D eigenvalue weighted by Gasteiger charge is -2.35. The molecule has 44 heavy (non-hydrogen) atoms. The predicted molar refractivity (Wildman–Crippen MR) is 167 cm³/mol. The van der Waals surface area contributed by atoms with Gasteiger partial charge in [-0.3, -0.25) is 19.6 Å². The zero-order chi connectivity index (χ0) is 31.6. The molecule has 0 radical (unpaired) electrons. The summed E-state index contributed by atoms with van der Waals surface area (Å²) in [7, 11) is 4.25. The SMILES string of the molecule is C[C@@H]1CN(C(=O)CN2CCC(N(C)C)CC2)CC1C#N.N/C=C\NCC1CN(c2ccc(-c3cccnc3)c(F)c2)C(=O)O1. The van der Waals surface area contributed by atoms with Gasteiger partial charge in [0, 0.05) is 68.1 Å². The number of carbonyl (C=O) groups is 2. The molecule has 3 saturated heterocycles. The number of pyridine rings is 1. The van der Waals surface area contributed by atoms with Crippen LogP contribution in [0, 0.1) is 29.0 Å². The van der Waals surface area contributed by atoms with E-state index in [0.717, 1.165) is 32.5 Å². The third-order valence-electron chi connectivity index (χ3n) is 8.45. The fourth-order valence-electron chi connectivity index (χ4n) is 5.76. The Balaban J connectivity index is 0.000000204. The van der Waals surface area contributed by atoms with Crippen molar-refractivity contribution in [2.24, 2.45) is 17.6 Å². The van der Waals surface area contributed by atoms with E-state index in [1.807, 2.05) is 4.90 Å². The van der Waals surface area contributed by atoms with Crippen molar-refractivity contribution in [3.05, 3.63) is 60.9 Å². The van der Waals surface area contributed by atoms with Crippen LogP contribution >= 0.6 is 0 Å². The van der Waals surface area contributed by atoms with Gasteiger partial charge in [-0.05, 0) is 57.1 Å². The lowest BCUT2D eigenvalue weighted by molar-refractivity contribution is -0.131. The van der Waals surface area contributed by atoms with Gasteiger partial charge in [-0.15, -0.1) is 0 Å². The Kier molecular flexibility index (Phi) is 11.5. The summed E-state index contributed by atoms with van der Waals surface area (Å²) in [5.74, 6) is 0.0979. The summed E-state index contributed by atoms with van der Waals surface area (Å²) < 4.78 is 19.7. The van der Waals surface area contributed by atoms with Crippen LogP contribution in [-0.2, 0) is 9.53 Å². The number of carbonyl (C=O) groups excluding carboxylic acids is 2. The number of nitrogens with zero attached hydrogens (tertiary/aromatic N) is 6. The fraction of sp³-hybridized carbons (Fsp3) is 0.500. The summed E-state index contributed by atoms with van der Waals surface area (Å²) in [5.41, 5.74) is 6.81. The highest BCUT2D eigenvalue weighted by Crippen LogP contribution is 2.28. The average molecular weight is 607 g/mol. The molecule has 11 nitrogen and oxygen atoms in total. The smallest absolute Gasteiger partial charge is 0.414 e. The normalized spacial score (nSPS) is 22.5. The Bertz CT molecular complexity index is 1330. The molecule has 3 aliphatic heterocycles. The summed E-state index contributed by atoms with van der Waals surface area (Å²) in [4.78, 5) is 36.1. The molecular formula is C32H43FN8O3. The van der Waals surface area contributed by atoms with Crippen LogP contribution in [0.5, 0.6) is 0 Å². The second-order valence-corrected chi connectivity index (χ2v) is 11.8. The van der Waals surface area contributed by atoms with Gasteiger partial charge >= 0.3 is 6.09 Å². The maximum Gasteiger partial charge on any atom is 0.414 e. The monoisotopic (exact) mass is 606 g/mol. The highest BCUT2D eigenvalue weighted by Gasteiger charge is 2.34. The van der Waals surface area contributed by atoms with E-state index in [0.29, 0.717) is 55.0 Å². The zero-order valence-corrected chi connectivity index (χ0v) is 25.7. The molecule has 3 N–H and O–H groups in total. The molecule has 0 bridgehead atoms. The molecule has 2 amide bonds. The molecule has 4 heterocycles. The molecule has 12 heteroatoms. The quantitative estimate of drug-likeness (QED) is 0.466. The topological polar surface area (TPSA) is 131 Å². The molecule has 0 aliphatic carbocycles. The lowest BCUT2D eigenvalue weighted by Crippen LogP contribution is -2.46. The van der Waals surface area contributed by atoms with E-state index in [-0.39, 0.29) is 17.9 Å². The maximum atomic E-state index is 14.4. The van der Waals surface area contributed by atoms with Crippen LogP contribution in [0.2, 0.25) is 0 Å². The minimum absolute atomic E-state index is 0.0124. The van der Waals surface area contributed by atoms with Crippen molar-refractivity contribution >= 4 is 17.7 Å². The van der Waals surface area contributed by atoms with Crippen LogP contribution in [0.4, 0.5) is 14.9 Å². The number of aromatic nitrogens is 1. The number of hydrogen-bond acceptors (Lipinski definition) is 9. The third kappa shape index (κ3) is 8.45. The molecule has 2 unspecified atom stereocenters. The van der Waals surface area contributed by atoms with E-state index < -0.39 is 11.9 Å². The summed E-state index contributed by atoms with van der Waals surface area (Å²) in [6.45, 7) is 6.71. The van der Waals surface area contributed by atoms with Crippen LogP contribution < -0.4 is 16.0 Å². The number of halogens is 1.